The predicted molar refractivity (Wildman–Crippen MR) is 52.9 cm³/mol. The van der Waals surface area contributed by atoms with E-state index < -0.39 is 0 Å². The Labute approximate surface area is 83.9 Å². The highest BCUT2D eigenvalue weighted by molar-refractivity contribution is 5.28. The Morgan fingerprint density at radius 1 is 1.29 bits per heavy atom. The topological polar surface area (TPSA) is 42.2 Å². The number of ether oxygens (including phenoxy) is 2. The van der Waals surface area contributed by atoms with Crippen molar-refractivity contribution in [1.29, 1.82) is 5.26 Å². The number of hydrogen-bond donors (Lipinski definition) is 0. The fourth-order valence-corrected chi connectivity index (χ4v) is 0.988. The lowest BCUT2D eigenvalue weighted by atomic mass is 10.2. The minimum absolute atomic E-state index is 0.272. The van der Waals surface area contributed by atoms with Crippen LogP contribution in [-0.2, 0) is 11.2 Å². The molecule has 3 nitrogen and oxygen atoms in total. The smallest absolute Gasteiger partial charge is 0.189 e. The zero-order valence-corrected chi connectivity index (χ0v) is 8.19. The van der Waals surface area contributed by atoms with Gasteiger partial charge in [-0.1, -0.05) is 12.1 Å². The summed E-state index contributed by atoms with van der Waals surface area (Å²) in [6.45, 7) is 2.83. The predicted octanol–water partition coefficient (Wildman–Crippen LogP) is 2.13. The standard InChI is InChI=1S/C11H13NO2/c1-2-13-9-14-11-5-3-10(4-6-11)7-8-12/h3-6H,2,7,9H2,1H3. The molecule has 74 valence electrons. The molecule has 0 aliphatic heterocycles. The summed E-state index contributed by atoms with van der Waals surface area (Å²) < 4.78 is 10.3. The third kappa shape index (κ3) is 3.46. The second kappa shape index (κ2) is 6.01. The van der Waals surface area contributed by atoms with Gasteiger partial charge in [0.05, 0.1) is 12.5 Å². The van der Waals surface area contributed by atoms with Crippen LogP contribution in [0.5, 0.6) is 5.75 Å². The minimum Gasteiger partial charge on any atom is -0.468 e. The molecule has 1 rings (SSSR count). The lowest BCUT2D eigenvalue weighted by Crippen LogP contribution is -2.01. The molecule has 0 aliphatic rings. The molecule has 0 aromatic heterocycles. The molecule has 0 spiro atoms. The Morgan fingerprint density at radius 3 is 2.57 bits per heavy atom. The van der Waals surface area contributed by atoms with Gasteiger partial charge in [0.15, 0.2) is 6.79 Å². The molecule has 0 amide bonds. The molecule has 0 N–H and O–H groups in total. The number of benzene rings is 1. The molecule has 0 aliphatic carbocycles. The molecule has 14 heavy (non-hydrogen) atoms. The molecule has 1 aromatic carbocycles. The maximum Gasteiger partial charge on any atom is 0.189 e. The Hall–Kier alpha value is -1.53. The fourth-order valence-electron chi connectivity index (χ4n) is 0.988. The first-order valence-electron chi connectivity index (χ1n) is 4.53. The van der Waals surface area contributed by atoms with E-state index in [2.05, 4.69) is 6.07 Å². The number of nitriles is 1. The Kier molecular flexibility index (Phi) is 4.53. The van der Waals surface area contributed by atoms with Gasteiger partial charge in [0, 0.05) is 6.61 Å². The highest BCUT2D eigenvalue weighted by atomic mass is 16.7. The largest absolute Gasteiger partial charge is 0.468 e. The van der Waals surface area contributed by atoms with Crippen molar-refractivity contribution in [3.8, 4) is 11.8 Å². The monoisotopic (exact) mass is 191 g/mol. The SMILES string of the molecule is CCOCOc1ccc(CC#N)cc1. The average Bonchev–Trinajstić information content (AvgIpc) is 2.21. The van der Waals surface area contributed by atoms with Gasteiger partial charge < -0.3 is 9.47 Å². The summed E-state index contributed by atoms with van der Waals surface area (Å²) in [5, 5.41) is 8.46. The zero-order valence-electron chi connectivity index (χ0n) is 8.19. The van der Waals surface area contributed by atoms with Crippen LogP contribution in [0.3, 0.4) is 0 Å². The Bertz CT molecular complexity index is 300. The molecule has 3 heteroatoms. The first kappa shape index (κ1) is 10.6. The molecule has 0 unspecified atom stereocenters. The van der Waals surface area contributed by atoms with Gasteiger partial charge in [-0.05, 0) is 24.6 Å². The van der Waals surface area contributed by atoms with Gasteiger partial charge in [-0.3, -0.25) is 0 Å². The van der Waals surface area contributed by atoms with E-state index in [1.54, 1.807) is 0 Å². The van der Waals surface area contributed by atoms with Crippen molar-refractivity contribution in [2.45, 2.75) is 13.3 Å². The normalized spacial score (nSPS) is 9.43. The van der Waals surface area contributed by atoms with Crippen molar-refractivity contribution in [2.75, 3.05) is 13.4 Å². The Morgan fingerprint density at radius 2 is 2.00 bits per heavy atom. The summed E-state index contributed by atoms with van der Waals surface area (Å²) >= 11 is 0. The van der Waals surface area contributed by atoms with Crippen LogP contribution in [0.25, 0.3) is 0 Å². The van der Waals surface area contributed by atoms with Gasteiger partial charge in [-0.25, -0.2) is 0 Å². The maximum absolute atomic E-state index is 8.46. The van der Waals surface area contributed by atoms with E-state index >= 15 is 0 Å². The van der Waals surface area contributed by atoms with Crippen LogP contribution in [0.1, 0.15) is 12.5 Å². The first-order valence-corrected chi connectivity index (χ1v) is 4.53. The summed E-state index contributed by atoms with van der Waals surface area (Å²) in [4.78, 5) is 0. The summed E-state index contributed by atoms with van der Waals surface area (Å²) in [5.74, 6) is 0.764. The second-order valence-corrected chi connectivity index (χ2v) is 2.73. The van der Waals surface area contributed by atoms with Crippen LogP contribution in [0.4, 0.5) is 0 Å². The van der Waals surface area contributed by atoms with Crippen molar-refractivity contribution < 1.29 is 9.47 Å². The highest BCUT2D eigenvalue weighted by Crippen LogP contribution is 2.12. The summed E-state index contributed by atoms with van der Waals surface area (Å²) in [7, 11) is 0. The second-order valence-electron chi connectivity index (χ2n) is 2.73. The zero-order chi connectivity index (χ0) is 10.2. The van der Waals surface area contributed by atoms with E-state index in [1.807, 2.05) is 31.2 Å². The summed E-state index contributed by atoms with van der Waals surface area (Å²) in [6.07, 6.45) is 0.436. The van der Waals surface area contributed by atoms with Gasteiger partial charge >= 0.3 is 0 Å². The van der Waals surface area contributed by atoms with Crippen molar-refractivity contribution in [1.82, 2.24) is 0 Å². The van der Waals surface area contributed by atoms with E-state index in [0.29, 0.717) is 13.0 Å². The molecule has 0 bridgehead atoms. The molecule has 1 aromatic rings. The van der Waals surface area contributed by atoms with E-state index in [9.17, 15) is 0 Å². The lowest BCUT2D eigenvalue weighted by molar-refractivity contribution is 0.0224. The van der Waals surface area contributed by atoms with Crippen LogP contribution >= 0.6 is 0 Å². The Balaban J connectivity index is 2.43. The van der Waals surface area contributed by atoms with Crippen LogP contribution in [-0.4, -0.2) is 13.4 Å². The average molecular weight is 191 g/mol. The third-order valence-electron chi connectivity index (χ3n) is 1.72. The fraction of sp³-hybridized carbons (Fsp3) is 0.364. The summed E-state index contributed by atoms with van der Waals surface area (Å²) in [5.41, 5.74) is 0.997. The van der Waals surface area contributed by atoms with Gasteiger partial charge in [-0.15, -0.1) is 0 Å². The van der Waals surface area contributed by atoms with Crippen LogP contribution < -0.4 is 4.74 Å². The van der Waals surface area contributed by atoms with E-state index in [0.717, 1.165) is 11.3 Å². The minimum atomic E-state index is 0.272. The van der Waals surface area contributed by atoms with Crippen molar-refractivity contribution >= 4 is 0 Å². The van der Waals surface area contributed by atoms with E-state index in [-0.39, 0.29) is 6.79 Å². The molecule has 0 radical (unpaired) electrons. The summed E-state index contributed by atoms with van der Waals surface area (Å²) in [6, 6.07) is 9.53. The molecule has 0 saturated carbocycles. The number of hydrogen-bond acceptors (Lipinski definition) is 3. The van der Waals surface area contributed by atoms with E-state index in [1.165, 1.54) is 0 Å². The van der Waals surface area contributed by atoms with Gasteiger partial charge in [0.2, 0.25) is 0 Å². The molecular weight excluding hydrogens is 178 g/mol. The van der Waals surface area contributed by atoms with Crippen LogP contribution in [0.2, 0.25) is 0 Å². The van der Waals surface area contributed by atoms with Crippen LogP contribution in [0, 0.1) is 11.3 Å². The van der Waals surface area contributed by atoms with Crippen LogP contribution in [0.15, 0.2) is 24.3 Å². The molecule has 0 heterocycles. The molecule has 0 saturated heterocycles. The lowest BCUT2D eigenvalue weighted by Gasteiger charge is -2.05. The third-order valence-corrected chi connectivity index (χ3v) is 1.72. The molecular formula is C11H13NO2. The van der Waals surface area contributed by atoms with Gasteiger partial charge in [0.25, 0.3) is 0 Å². The number of nitrogens with zero attached hydrogens (tertiary/aromatic N) is 1. The van der Waals surface area contributed by atoms with Crippen molar-refractivity contribution in [3.05, 3.63) is 29.8 Å². The van der Waals surface area contributed by atoms with Crippen molar-refractivity contribution in [3.63, 3.8) is 0 Å². The molecule has 0 fully saturated rings. The van der Waals surface area contributed by atoms with Gasteiger partial charge in [-0.2, -0.15) is 5.26 Å². The highest BCUT2D eigenvalue weighted by Gasteiger charge is 1.94. The van der Waals surface area contributed by atoms with Gasteiger partial charge in [0.1, 0.15) is 5.75 Å². The quantitative estimate of drug-likeness (QED) is 0.529. The first-order chi connectivity index (χ1) is 6.86. The number of rotatable bonds is 5. The maximum atomic E-state index is 8.46. The van der Waals surface area contributed by atoms with Crippen molar-refractivity contribution in [2.24, 2.45) is 0 Å². The molecule has 0 atom stereocenters. The van der Waals surface area contributed by atoms with E-state index in [4.69, 9.17) is 14.7 Å².